The molecule has 0 aliphatic heterocycles. The number of rotatable bonds is 6. The van der Waals surface area contributed by atoms with Crippen LogP contribution in [0.3, 0.4) is 0 Å². The zero-order valence-electron chi connectivity index (χ0n) is 15.9. The smallest absolute Gasteiger partial charge is 0.416 e. The van der Waals surface area contributed by atoms with Crippen molar-refractivity contribution < 1.29 is 27.4 Å². The summed E-state index contributed by atoms with van der Waals surface area (Å²) in [4.78, 5) is 4.34. The van der Waals surface area contributed by atoms with Crippen LogP contribution >= 0.6 is 0 Å². The Kier molecular flexibility index (Phi) is 6.08. The predicted octanol–water partition coefficient (Wildman–Crippen LogP) is 5.64. The van der Waals surface area contributed by atoms with Gasteiger partial charge in [-0.05, 0) is 55.8 Å². The fourth-order valence-corrected chi connectivity index (χ4v) is 2.56. The fourth-order valence-electron chi connectivity index (χ4n) is 2.56. The molecule has 7 heteroatoms. The maximum Gasteiger partial charge on any atom is 0.416 e. The van der Waals surface area contributed by atoms with Crippen molar-refractivity contribution in [2.75, 3.05) is 0 Å². The Morgan fingerprint density at radius 1 is 1.10 bits per heavy atom. The van der Waals surface area contributed by atoms with Crippen LogP contribution in [0.5, 0.6) is 5.75 Å². The van der Waals surface area contributed by atoms with Gasteiger partial charge in [0.15, 0.2) is 0 Å². The molecule has 3 aromatic rings. The van der Waals surface area contributed by atoms with E-state index >= 15 is 0 Å². The molecule has 1 heterocycles. The van der Waals surface area contributed by atoms with Gasteiger partial charge in [-0.2, -0.15) is 13.2 Å². The first-order valence-electron chi connectivity index (χ1n) is 8.95. The van der Waals surface area contributed by atoms with E-state index in [1.54, 1.807) is 32.1 Å². The molecule has 152 valence electrons. The first-order valence-corrected chi connectivity index (χ1v) is 8.95. The molecule has 2 aromatic carbocycles. The Bertz CT molecular complexity index is 972. The highest BCUT2D eigenvalue weighted by Crippen LogP contribution is 2.31. The van der Waals surface area contributed by atoms with Crippen LogP contribution in [-0.4, -0.2) is 16.2 Å². The maximum atomic E-state index is 12.7. The Morgan fingerprint density at radius 3 is 2.34 bits per heavy atom. The number of aliphatic hydroxyl groups is 1. The number of oxazole rings is 1. The lowest BCUT2D eigenvalue weighted by Gasteiger charge is -2.06. The summed E-state index contributed by atoms with van der Waals surface area (Å²) in [6.45, 7) is 3.56. The molecule has 0 bridgehead atoms. The second-order valence-electron chi connectivity index (χ2n) is 6.55. The molecular weight excluding hydrogens is 383 g/mol. The van der Waals surface area contributed by atoms with Gasteiger partial charge >= 0.3 is 6.18 Å². The summed E-state index contributed by atoms with van der Waals surface area (Å²) < 4.78 is 49.4. The average molecular weight is 403 g/mol. The van der Waals surface area contributed by atoms with Crippen molar-refractivity contribution in [3.8, 4) is 17.2 Å². The van der Waals surface area contributed by atoms with Crippen LogP contribution in [0.15, 0.2) is 59.0 Å². The summed E-state index contributed by atoms with van der Waals surface area (Å²) in [7, 11) is 0. The Labute approximate surface area is 166 Å². The van der Waals surface area contributed by atoms with Crippen LogP contribution in [0.2, 0.25) is 0 Å². The quantitative estimate of drug-likeness (QED) is 0.579. The number of hydrogen-bond acceptors (Lipinski definition) is 4. The zero-order chi connectivity index (χ0) is 21.0. The standard InChI is InChI=1S/C22H20F3NO3/c1-14(27)3-4-16-5-11-19(12-6-16)28-13-20-15(2)29-21(26-20)17-7-9-18(10-8-17)22(23,24)25/h3-12,14,27H,13H2,1-2H3/b4-3+. The number of alkyl halides is 3. The van der Waals surface area contributed by atoms with Crippen molar-refractivity contribution in [3.05, 3.63) is 77.2 Å². The van der Waals surface area contributed by atoms with E-state index in [0.29, 0.717) is 22.8 Å². The maximum absolute atomic E-state index is 12.7. The van der Waals surface area contributed by atoms with Gasteiger partial charge in [-0.15, -0.1) is 0 Å². The van der Waals surface area contributed by atoms with Crippen molar-refractivity contribution in [3.63, 3.8) is 0 Å². The van der Waals surface area contributed by atoms with Crippen LogP contribution in [0.4, 0.5) is 13.2 Å². The van der Waals surface area contributed by atoms with Crippen LogP contribution < -0.4 is 4.74 Å². The van der Waals surface area contributed by atoms with Crippen LogP contribution in [0.1, 0.15) is 29.5 Å². The Morgan fingerprint density at radius 2 is 1.76 bits per heavy atom. The lowest BCUT2D eigenvalue weighted by Crippen LogP contribution is -2.04. The monoisotopic (exact) mass is 403 g/mol. The van der Waals surface area contributed by atoms with Crippen molar-refractivity contribution in [2.45, 2.75) is 32.7 Å². The topological polar surface area (TPSA) is 55.5 Å². The summed E-state index contributed by atoms with van der Waals surface area (Å²) in [6.07, 6.45) is -1.41. The molecule has 3 rings (SSSR count). The van der Waals surface area contributed by atoms with E-state index < -0.39 is 17.8 Å². The molecule has 29 heavy (non-hydrogen) atoms. The third kappa shape index (κ3) is 5.48. The molecule has 0 saturated heterocycles. The summed E-state index contributed by atoms with van der Waals surface area (Å²) in [5, 5.41) is 9.26. The third-order valence-electron chi connectivity index (χ3n) is 4.17. The molecule has 1 unspecified atom stereocenters. The van der Waals surface area contributed by atoms with E-state index in [1.165, 1.54) is 12.1 Å². The van der Waals surface area contributed by atoms with E-state index in [1.807, 2.05) is 18.2 Å². The molecule has 0 aliphatic carbocycles. The number of aryl methyl sites for hydroxylation is 1. The van der Waals surface area contributed by atoms with E-state index in [9.17, 15) is 18.3 Å². The number of benzene rings is 2. The van der Waals surface area contributed by atoms with Crippen LogP contribution in [-0.2, 0) is 12.8 Å². The Hall–Kier alpha value is -3.06. The van der Waals surface area contributed by atoms with Gasteiger partial charge < -0.3 is 14.3 Å². The molecule has 0 radical (unpaired) electrons. The zero-order valence-corrected chi connectivity index (χ0v) is 15.9. The minimum atomic E-state index is -4.38. The van der Waals surface area contributed by atoms with Crippen LogP contribution in [0.25, 0.3) is 17.5 Å². The van der Waals surface area contributed by atoms with Crippen molar-refractivity contribution in [1.82, 2.24) is 4.98 Å². The lowest BCUT2D eigenvalue weighted by atomic mass is 10.1. The molecule has 0 aliphatic rings. The van der Waals surface area contributed by atoms with Crippen molar-refractivity contribution >= 4 is 6.08 Å². The fraction of sp³-hybridized carbons (Fsp3) is 0.227. The largest absolute Gasteiger partial charge is 0.487 e. The van der Waals surface area contributed by atoms with E-state index in [4.69, 9.17) is 9.15 Å². The predicted molar refractivity (Wildman–Crippen MR) is 103 cm³/mol. The molecule has 0 amide bonds. The lowest BCUT2D eigenvalue weighted by molar-refractivity contribution is -0.137. The summed E-state index contributed by atoms with van der Waals surface area (Å²) >= 11 is 0. The SMILES string of the molecule is Cc1oc(-c2ccc(C(F)(F)F)cc2)nc1COc1ccc(/C=C/C(C)O)cc1. The molecule has 1 N–H and O–H groups in total. The van der Waals surface area contributed by atoms with Gasteiger partial charge in [0, 0.05) is 5.56 Å². The molecule has 0 fully saturated rings. The van der Waals surface area contributed by atoms with E-state index in [0.717, 1.165) is 17.7 Å². The normalized spacial score (nSPS) is 13.0. The van der Waals surface area contributed by atoms with E-state index in [-0.39, 0.29) is 12.5 Å². The summed E-state index contributed by atoms with van der Waals surface area (Å²) in [6, 6.07) is 12.0. The number of ether oxygens (including phenoxy) is 1. The van der Waals surface area contributed by atoms with Gasteiger partial charge in [0.2, 0.25) is 5.89 Å². The number of hydrogen-bond donors (Lipinski definition) is 1. The average Bonchev–Trinajstić information content (AvgIpc) is 3.05. The molecule has 0 saturated carbocycles. The van der Waals surface area contributed by atoms with Gasteiger partial charge in [0.25, 0.3) is 0 Å². The molecule has 1 atom stereocenters. The molecule has 4 nitrogen and oxygen atoms in total. The minimum Gasteiger partial charge on any atom is -0.487 e. The second kappa shape index (κ2) is 8.53. The third-order valence-corrected chi connectivity index (χ3v) is 4.17. The van der Waals surface area contributed by atoms with Gasteiger partial charge in [-0.25, -0.2) is 4.98 Å². The number of aromatic nitrogens is 1. The molecular formula is C22H20F3NO3. The highest BCUT2D eigenvalue weighted by atomic mass is 19.4. The van der Waals surface area contributed by atoms with Crippen molar-refractivity contribution in [2.24, 2.45) is 0 Å². The number of aliphatic hydroxyl groups excluding tert-OH is 1. The van der Waals surface area contributed by atoms with Gasteiger partial charge in [0.1, 0.15) is 23.8 Å². The number of halogens is 3. The summed E-state index contributed by atoms with van der Waals surface area (Å²) in [5.41, 5.74) is 1.24. The second-order valence-corrected chi connectivity index (χ2v) is 6.55. The van der Waals surface area contributed by atoms with Crippen molar-refractivity contribution in [1.29, 1.82) is 0 Å². The molecule has 1 aromatic heterocycles. The summed E-state index contributed by atoms with van der Waals surface area (Å²) in [5.74, 6) is 1.42. The first kappa shape index (κ1) is 20.7. The first-order chi connectivity index (χ1) is 13.7. The van der Waals surface area contributed by atoms with Gasteiger partial charge in [-0.3, -0.25) is 0 Å². The Balaban J connectivity index is 1.66. The van der Waals surface area contributed by atoms with Gasteiger partial charge in [-0.1, -0.05) is 24.3 Å². The molecule has 0 spiro atoms. The minimum absolute atomic E-state index is 0.166. The number of nitrogens with zero attached hydrogens (tertiary/aromatic N) is 1. The van der Waals surface area contributed by atoms with Crippen LogP contribution in [0, 0.1) is 6.92 Å². The van der Waals surface area contributed by atoms with Gasteiger partial charge in [0.05, 0.1) is 11.7 Å². The highest BCUT2D eigenvalue weighted by Gasteiger charge is 2.30. The van der Waals surface area contributed by atoms with E-state index in [2.05, 4.69) is 4.98 Å². The highest BCUT2D eigenvalue weighted by molar-refractivity contribution is 5.54.